The van der Waals surface area contributed by atoms with Crippen molar-refractivity contribution < 1.29 is 14.3 Å². The van der Waals surface area contributed by atoms with Gasteiger partial charge in [0.15, 0.2) is 5.96 Å². The number of benzene rings is 1. The molecule has 1 heterocycles. The minimum atomic E-state index is -0.215. The van der Waals surface area contributed by atoms with Crippen molar-refractivity contribution in [3.8, 4) is 5.75 Å². The number of piperazine rings is 1. The van der Waals surface area contributed by atoms with Crippen LogP contribution < -0.4 is 15.0 Å². The van der Waals surface area contributed by atoms with Gasteiger partial charge in [-0.2, -0.15) is 0 Å². The molecule has 1 aromatic carbocycles. The Bertz CT molecular complexity index is 580. The first-order chi connectivity index (χ1) is 12.1. The number of carbonyl (C=O) groups excluding carboxylic acids is 1. The van der Waals surface area contributed by atoms with Crippen molar-refractivity contribution >= 4 is 17.6 Å². The monoisotopic (exact) mass is 348 g/mol. The van der Waals surface area contributed by atoms with Crippen LogP contribution in [-0.2, 0) is 9.53 Å². The second-order valence-corrected chi connectivity index (χ2v) is 6.02. The van der Waals surface area contributed by atoms with Gasteiger partial charge in [-0.25, -0.2) is 0 Å². The van der Waals surface area contributed by atoms with Crippen LogP contribution in [0.25, 0.3) is 0 Å². The third-order valence-corrected chi connectivity index (χ3v) is 4.40. The van der Waals surface area contributed by atoms with Gasteiger partial charge < -0.3 is 24.6 Å². The number of hydrogen-bond acceptors (Lipinski definition) is 5. The number of methoxy groups -OCH3 is 2. The van der Waals surface area contributed by atoms with Crippen LogP contribution in [0.5, 0.6) is 5.75 Å². The van der Waals surface area contributed by atoms with Crippen LogP contribution in [0.3, 0.4) is 0 Å². The average Bonchev–Trinajstić information content (AvgIpc) is 2.68. The van der Waals surface area contributed by atoms with Gasteiger partial charge in [0, 0.05) is 45.5 Å². The molecule has 1 fully saturated rings. The Kier molecular flexibility index (Phi) is 6.91. The minimum absolute atomic E-state index is 0.206. The molecule has 1 aliphatic heterocycles. The second-order valence-electron chi connectivity index (χ2n) is 6.02. The largest absolute Gasteiger partial charge is 0.497 e. The molecular weight excluding hydrogens is 320 g/mol. The molecule has 2 rings (SSSR count). The second kappa shape index (κ2) is 9.15. The highest BCUT2D eigenvalue weighted by molar-refractivity contribution is 5.81. The zero-order chi connectivity index (χ0) is 18.2. The summed E-state index contributed by atoms with van der Waals surface area (Å²) in [5.41, 5.74) is 1.20. The number of anilines is 1. The van der Waals surface area contributed by atoms with E-state index >= 15 is 0 Å². The third-order valence-electron chi connectivity index (χ3n) is 4.40. The van der Waals surface area contributed by atoms with Crippen molar-refractivity contribution in [1.82, 2.24) is 10.2 Å². The number of rotatable bonds is 5. The van der Waals surface area contributed by atoms with Crippen molar-refractivity contribution in [2.24, 2.45) is 10.9 Å². The fourth-order valence-electron chi connectivity index (χ4n) is 2.83. The first-order valence-electron chi connectivity index (χ1n) is 8.51. The van der Waals surface area contributed by atoms with Crippen LogP contribution in [0.1, 0.15) is 6.92 Å². The standard InChI is InChI=1S/C18H28N4O3/c1-14(17(23)25-4)13-20-18(19-2)22-11-9-21(10-12-22)15-5-7-16(24-3)8-6-15/h5-8,14H,9-13H2,1-4H3,(H,19,20). The Hall–Kier alpha value is -2.44. The van der Waals surface area contributed by atoms with Crippen molar-refractivity contribution in [2.75, 3.05) is 58.9 Å². The van der Waals surface area contributed by atoms with Gasteiger partial charge in [0.2, 0.25) is 0 Å². The van der Waals surface area contributed by atoms with Gasteiger partial charge in [-0.3, -0.25) is 9.79 Å². The van der Waals surface area contributed by atoms with E-state index in [1.54, 1.807) is 14.2 Å². The van der Waals surface area contributed by atoms with E-state index < -0.39 is 0 Å². The number of carbonyl (C=O) groups is 1. The van der Waals surface area contributed by atoms with Gasteiger partial charge in [-0.1, -0.05) is 6.92 Å². The topological polar surface area (TPSA) is 66.4 Å². The molecule has 0 radical (unpaired) electrons. The molecule has 25 heavy (non-hydrogen) atoms. The highest BCUT2D eigenvalue weighted by Gasteiger charge is 2.21. The summed E-state index contributed by atoms with van der Waals surface area (Å²) in [5, 5.41) is 3.26. The maximum Gasteiger partial charge on any atom is 0.310 e. The van der Waals surface area contributed by atoms with E-state index in [0.29, 0.717) is 6.54 Å². The van der Waals surface area contributed by atoms with E-state index in [2.05, 4.69) is 32.2 Å². The number of nitrogens with one attached hydrogen (secondary N) is 1. The quantitative estimate of drug-likeness (QED) is 0.490. The van der Waals surface area contributed by atoms with Crippen LogP contribution in [-0.4, -0.2) is 70.8 Å². The number of ether oxygens (including phenoxy) is 2. The molecule has 0 amide bonds. The molecule has 0 saturated carbocycles. The molecule has 1 atom stereocenters. The average molecular weight is 348 g/mol. The molecular formula is C18H28N4O3. The first-order valence-corrected chi connectivity index (χ1v) is 8.51. The normalized spacial score (nSPS) is 16.4. The summed E-state index contributed by atoms with van der Waals surface area (Å²) in [5.74, 6) is 1.27. The molecule has 0 aromatic heterocycles. The van der Waals surface area contributed by atoms with E-state index in [1.807, 2.05) is 19.1 Å². The molecule has 1 unspecified atom stereocenters. The van der Waals surface area contributed by atoms with Crippen molar-refractivity contribution in [2.45, 2.75) is 6.92 Å². The van der Waals surface area contributed by atoms with E-state index in [4.69, 9.17) is 9.47 Å². The summed E-state index contributed by atoms with van der Waals surface area (Å²) in [4.78, 5) is 20.4. The van der Waals surface area contributed by atoms with E-state index in [0.717, 1.165) is 37.9 Å². The number of aliphatic imine (C=N–C) groups is 1. The van der Waals surface area contributed by atoms with E-state index in [1.165, 1.54) is 12.8 Å². The Morgan fingerprint density at radius 1 is 1.20 bits per heavy atom. The zero-order valence-corrected chi connectivity index (χ0v) is 15.5. The summed E-state index contributed by atoms with van der Waals surface area (Å²) in [6.07, 6.45) is 0. The smallest absolute Gasteiger partial charge is 0.310 e. The fraction of sp³-hybridized carbons (Fsp3) is 0.556. The lowest BCUT2D eigenvalue weighted by atomic mass is 10.2. The highest BCUT2D eigenvalue weighted by atomic mass is 16.5. The lowest BCUT2D eigenvalue weighted by molar-refractivity contribution is -0.144. The van der Waals surface area contributed by atoms with E-state index in [-0.39, 0.29) is 11.9 Å². The molecule has 1 saturated heterocycles. The van der Waals surface area contributed by atoms with Gasteiger partial charge in [0.25, 0.3) is 0 Å². The van der Waals surface area contributed by atoms with Crippen LogP contribution in [0.15, 0.2) is 29.3 Å². The van der Waals surface area contributed by atoms with Crippen LogP contribution >= 0.6 is 0 Å². The van der Waals surface area contributed by atoms with Crippen LogP contribution in [0, 0.1) is 5.92 Å². The predicted octanol–water partition coefficient (Wildman–Crippen LogP) is 1.20. The molecule has 1 aliphatic rings. The molecule has 0 aliphatic carbocycles. The first kappa shape index (κ1) is 18.9. The Labute approximate surface area is 149 Å². The van der Waals surface area contributed by atoms with Crippen LogP contribution in [0.2, 0.25) is 0 Å². The molecule has 0 spiro atoms. The number of guanidine groups is 1. The highest BCUT2D eigenvalue weighted by Crippen LogP contribution is 2.20. The van der Waals surface area contributed by atoms with Gasteiger partial charge in [0.1, 0.15) is 5.75 Å². The van der Waals surface area contributed by atoms with Crippen molar-refractivity contribution in [3.05, 3.63) is 24.3 Å². The SMILES string of the molecule is CN=C(NCC(C)C(=O)OC)N1CCN(c2ccc(OC)cc2)CC1. The maximum absolute atomic E-state index is 11.5. The minimum Gasteiger partial charge on any atom is -0.497 e. The number of nitrogens with zero attached hydrogens (tertiary/aromatic N) is 3. The summed E-state index contributed by atoms with van der Waals surface area (Å²) in [6, 6.07) is 8.13. The molecule has 7 heteroatoms. The molecule has 1 aromatic rings. The summed E-state index contributed by atoms with van der Waals surface area (Å²) >= 11 is 0. The van der Waals surface area contributed by atoms with Crippen molar-refractivity contribution in [1.29, 1.82) is 0 Å². The van der Waals surface area contributed by atoms with Crippen molar-refractivity contribution in [3.63, 3.8) is 0 Å². The van der Waals surface area contributed by atoms with Gasteiger partial charge in [-0.05, 0) is 24.3 Å². The predicted molar refractivity (Wildman–Crippen MR) is 99.3 cm³/mol. The number of esters is 1. The van der Waals surface area contributed by atoms with E-state index in [9.17, 15) is 4.79 Å². The lowest BCUT2D eigenvalue weighted by Crippen LogP contribution is -2.53. The van der Waals surface area contributed by atoms with Crippen LogP contribution in [0.4, 0.5) is 5.69 Å². The third kappa shape index (κ3) is 5.01. The zero-order valence-electron chi connectivity index (χ0n) is 15.5. The van der Waals surface area contributed by atoms with Gasteiger partial charge in [0.05, 0.1) is 20.1 Å². The Morgan fingerprint density at radius 3 is 2.36 bits per heavy atom. The summed E-state index contributed by atoms with van der Waals surface area (Å²) in [7, 11) is 4.85. The van der Waals surface area contributed by atoms with Gasteiger partial charge >= 0.3 is 5.97 Å². The molecule has 1 N–H and O–H groups in total. The van der Waals surface area contributed by atoms with Gasteiger partial charge in [-0.15, -0.1) is 0 Å². The Morgan fingerprint density at radius 2 is 1.84 bits per heavy atom. The fourth-order valence-corrected chi connectivity index (χ4v) is 2.83. The maximum atomic E-state index is 11.5. The number of hydrogen-bond donors (Lipinski definition) is 1. The summed E-state index contributed by atoms with van der Waals surface area (Å²) < 4.78 is 9.96. The lowest BCUT2D eigenvalue weighted by Gasteiger charge is -2.37. The summed E-state index contributed by atoms with van der Waals surface area (Å²) in [6.45, 7) is 5.93. The molecule has 138 valence electrons. The Balaban J connectivity index is 1.85. The molecule has 0 bridgehead atoms. The molecule has 7 nitrogen and oxygen atoms in total.